The molecule has 0 saturated heterocycles. The largest absolute Gasteiger partial charge is 0.497 e. The molecular formula is C99H138O14S. The zero-order valence-corrected chi connectivity index (χ0v) is 73.9. The number of carbonyl (C=O) groups is 3. The topological polar surface area (TPSA) is 168 Å². The second-order valence-electron chi connectivity index (χ2n) is 38.7. The van der Waals surface area contributed by atoms with E-state index in [9.17, 15) is 22.8 Å². The predicted molar refractivity (Wildman–Crippen MR) is 457 cm³/mol. The molecule has 0 aromatic heterocycles. The van der Waals surface area contributed by atoms with Gasteiger partial charge < -0.3 is 37.9 Å². The molecule has 9 aliphatic carbocycles. The second-order valence-corrected chi connectivity index (χ2v) is 40.3. The zero-order valence-electron chi connectivity index (χ0n) is 73.1. The van der Waals surface area contributed by atoms with Crippen molar-refractivity contribution in [3.8, 4) is 23.0 Å². The van der Waals surface area contributed by atoms with Crippen LogP contribution < -0.4 is 18.9 Å². The van der Waals surface area contributed by atoms with E-state index < -0.39 is 10.1 Å². The lowest BCUT2D eigenvalue weighted by atomic mass is 9.60. The molecule has 14 rings (SSSR count). The number of ketones is 3. The number of rotatable bonds is 19. The van der Waals surface area contributed by atoms with Crippen LogP contribution in [0.3, 0.4) is 0 Å². The van der Waals surface area contributed by atoms with Crippen molar-refractivity contribution in [1.29, 1.82) is 0 Å². The van der Waals surface area contributed by atoms with Gasteiger partial charge in [-0.25, -0.2) is 0 Å². The monoisotopic (exact) mass is 1580 g/mol. The van der Waals surface area contributed by atoms with Crippen LogP contribution in [-0.4, -0.2) is 108 Å². The average molecular weight is 1580 g/mol. The number of Topliss-reactive ketones (excluding diaryl/α,β-unsaturated/α-hetero) is 2. The highest BCUT2D eigenvalue weighted by molar-refractivity contribution is 7.86. The molecule has 15 heteroatoms. The first kappa shape index (κ1) is 89.6. The van der Waals surface area contributed by atoms with Crippen molar-refractivity contribution in [1.82, 2.24) is 0 Å². The first-order valence-corrected chi connectivity index (χ1v) is 44.0. The molecule has 5 fully saturated rings. The van der Waals surface area contributed by atoms with Gasteiger partial charge in [-0.05, 0) is 341 Å². The molecule has 12 atom stereocenters. The molecule has 14 nitrogen and oxygen atoms in total. The van der Waals surface area contributed by atoms with Crippen LogP contribution in [0.1, 0.15) is 260 Å². The summed E-state index contributed by atoms with van der Waals surface area (Å²) in [4.78, 5) is 37.0. The molecule has 9 aliphatic rings. The maximum absolute atomic E-state index is 12.7. The molecule has 5 aromatic carbocycles. The van der Waals surface area contributed by atoms with Gasteiger partial charge in [-0.2, -0.15) is 8.42 Å². The molecule has 0 amide bonds. The molecule has 0 spiro atoms. The van der Waals surface area contributed by atoms with Crippen molar-refractivity contribution in [2.24, 2.45) is 45.3 Å². The molecule has 0 aliphatic heterocycles. The molecule has 5 aromatic rings. The number of fused-ring (bicyclic) bond motifs is 8. The molecule has 0 N–H and O–H groups in total. The Morgan fingerprint density at radius 2 is 0.974 bits per heavy atom. The summed E-state index contributed by atoms with van der Waals surface area (Å²) >= 11 is 0. The normalized spacial score (nSPS) is 27.6. The number of aryl methyl sites for hydroxylation is 4. The van der Waals surface area contributed by atoms with Gasteiger partial charge in [-0.15, -0.1) is 0 Å². The third-order valence-corrected chi connectivity index (χ3v) is 27.5. The first-order chi connectivity index (χ1) is 53.6. The minimum absolute atomic E-state index is 0.0188. The van der Waals surface area contributed by atoms with Gasteiger partial charge in [0.1, 0.15) is 28.8 Å². The Morgan fingerprint density at radius 1 is 0.465 bits per heavy atom. The lowest BCUT2D eigenvalue weighted by Gasteiger charge is -2.47. The number of allylic oxidation sites excluding steroid dienone is 4. The van der Waals surface area contributed by atoms with Crippen LogP contribution in [0.2, 0.25) is 0 Å². The number of hydrogen-bond donors (Lipinski definition) is 0. The van der Waals surface area contributed by atoms with Crippen molar-refractivity contribution in [3.63, 3.8) is 0 Å². The number of benzene rings is 5. The fourth-order valence-corrected chi connectivity index (χ4v) is 21.1. The van der Waals surface area contributed by atoms with Crippen LogP contribution in [0.4, 0.5) is 0 Å². The zero-order chi connectivity index (χ0) is 83.0. The quantitative estimate of drug-likeness (QED) is 0.0716. The van der Waals surface area contributed by atoms with Gasteiger partial charge >= 0.3 is 0 Å². The molecule has 114 heavy (non-hydrogen) atoms. The molecule has 0 bridgehead atoms. The molecular weight excluding hydrogens is 1450 g/mol. The third-order valence-electron chi connectivity index (χ3n) is 26.2. The maximum Gasteiger partial charge on any atom is 0.296 e. The van der Waals surface area contributed by atoms with Crippen molar-refractivity contribution in [3.05, 3.63) is 178 Å². The smallest absolute Gasteiger partial charge is 0.296 e. The second kappa shape index (κ2) is 37.1. The Hall–Kier alpha value is -6.72. The number of ether oxygens (including phenoxy) is 8. The van der Waals surface area contributed by atoms with Crippen LogP contribution in [0.25, 0.3) is 5.57 Å². The fraction of sp³-hybridized carbons (Fsp3) is 0.606. The molecule has 0 heterocycles. The van der Waals surface area contributed by atoms with Crippen molar-refractivity contribution in [2.75, 3.05) is 35.0 Å². The highest BCUT2D eigenvalue weighted by Gasteiger charge is 2.57. The summed E-state index contributed by atoms with van der Waals surface area (Å²) in [6.07, 6.45) is 27.0. The average Bonchev–Trinajstić information content (AvgIpc) is 1.51. The Bertz CT molecular complexity index is 4340. The van der Waals surface area contributed by atoms with Crippen LogP contribution in [0.5, 0.6) is 23.0 Å². The van der Waals surface area contributed by atoms with E-state index in [-0.39, 0.29) is 74.4 Å². The van der Waals surface area contributed by atoms with Crippen LogP contribution in [0.15, 0.2) is 149 Å². The van der Waals surface area contributed by atoms with Gasteiger partial charge in [0.05, 0.1) is 86.8 Å². The predicted octanol–water partition coefficient (Wildman–Crippen LogP) is 22.3. The van der Waals surface area contributed by atoms with Crippen molar-refractivity contribution < 1.29 is 64.9 Å². The molecule has 624 valence electrons. The molecule has 5 saturated carbocycles. The van der Waals surface area contributed by atoms with Gasteiger partial charge in [-0.3, -0.25) is 18.6 Å². The summed E-state index contributed by atoms with van der Waals surface area (Å²) in [7, 11) is 3.04. The van der Waals surface area contributed by atoms with Crippen molar-refractivity contribution >= 4 is 33.0 Å². The van der Waals surface area contributed by atoms with Crippen molar-refractivity contribution in [2.45, 2.75) is 311 Å². The van der Waals surface area contributed by atoms with E-state index in [4.69, 9.17) is 42.1 Å². The number of methoxy groups -OCH3 is 4. The van der Waals surface area contributed by atoms with Gasteiger partial charge in [0.2, 0.25) is 0 Å². The van der Waals surface area contributed by atoms with E-state index in [2.05, 4.69) is 159 Å². The van der Waals surface area contributed by atoms with Crippen LogP contribution in [0, 0.1) is 52.3 Å². The summed E-state index contributed by atoms with van der Waals surface area (Å²) in [6, 6.07) is 37.1. The van der Waals surface area contributed by atoms with Gasteiger partial charge in [-0.1, -0.05) is 105 Å². The number of hydrogen-bond acceptors (Lipinski definition) is 14. The first-order valence-electron chi connectivity index (χ1n) is 42.6. The molecule has 0 unspecified atom stereocenters. The Kier molecular flexibility index (Phi) is 29.1. The van der Waals surface area contributed by atoms with E-state index in [0.717, 1.165) is 136 Å². The summed E-state index contributed by atoms with van der Waals surface area (Å²) in [6.45, 7) is 37.1. The summed E-state index contributed by atoms with van der Waals surface area (Å²) in [5, 5.41) is 0. The van der Waals surface area contributed by atoms with E-state index in [1.54, 1.807) is 58.3 Å². The Balaban J connectivity index is 0.000000152. The van der Waals surface area contributed by atoms with E-state index in [0.29, 0.717) is 66.4 Å². The minimum Gasteiger partial charge on any atom is -0.497 e. The van der Waals surface area contributed by atoms with Gasteiger partial charge in [0.15, 0.2) is 11.6 Å². The third kappa shape index (κ3) is 22.4. The van der Waals surface area contributed by atoms with E-state index in [1.807, 2.05) is 61.5 Å². The SMILES string of the molecule is CC(C)(C)O[C@@H]1CCC2=CC(=O)CC[C@]21C.COc1ccc2c(c1)CC[C@H]1C2=CC[C@]2(C)[C@@H]1CC[C@H]2OC(C)(C)C.COc1cccc(CCC2=C3CC[C@@H](OC(C)(C)C)[C@]3(C)CCC2=O)c1.COc1cccc(CCOS(=O)(=O)c2ccc(C)cc2)c1.COc1cccc(CC[C@@H]2C(=O)CC[C@]3(C)[C@@H]2CC[C@H]3OC(C)(C)C)c1. The molecule has 0 radical (unpaired) electrons. The van der Waals surface area contributed by atoms with E-state index >= 15 is 0 Å². The van der Waals surface area contributed by atoms with Crippen LogP contribution >= 0.6 is 0 Å². The Morgan fingerprint density at radius 3 is 1.54 bits per heavy atom. The number of carbonyl (C=O) groups excluding carboxylic acids is 3. The maximum atomic E-state index is 12.7. The van der Waals surface area contributed by atoms with E-state index in [1.165, 1.54) is 59.1 Å². The summed E-state index contributed by atoms with van der Waals surface area (Å²) < 4.78 is 75.7. The summed E-state index contributed by atoms with van der Waals surface area (Å²) in [5.41, 5.74) is 12.9. The Labute approximate surface area is 685 Å². The lowest BCUT2D eigenvalue weighted by molar-refractivity contribution is -0.143. The summed E-state index contributed by atoms with van der Waals surface area (Å²) in [5.74, 6) is 6.69. The minimum atomic E-state index is -3.69. The lowest BCUT2D eigenvalue weighted by Crippen LogP contribution is -2.46. The highest BCUT2D eigenvalue weighted by atomic mass is 32.2. The van der Waals surface area contributed by atoms with Crippen LogP contribution in [-0.2, 0) is 73.3 Å². The highest BCUT2D eigenvalue weighted by Crippen LogP contribution is 2.61. The van der Waals surface area contributed by atoms with Gasteiger partial charge in [0.25, 0.3) is 10.1 Å². The standard InChI is InChI=1S/C23H34O3.C23H32O3.C23H32O2.C16H18O4S.C14H22O2/c2*1-22(2,3)26-21-12-11-19-18(20(24)13-14-23(19,21)4)10-9-16-7-6-8-17(15-16)25-5;1-22(2,3)25-21-11-10-20-19-8-6-15-14-16(24-5)7-9-17(15)18(19)12-13-23(20,21)4;1-13-6-8-16(9-7-13)21(17,18)20-11-10-14-4-3-5-15(12-14)19-2;1-13(2,3)16-12-6-5-10-9-11(15)7-8-14(10,12)4/h6-8,15,18-19,21H,9-14H2,1-5H3;6-8,15,21H,9-14H2,1-5H3;7,9,12,14,19-21H,6,8,10-11,13H2,1-5H3;3-9,12H,10-11H2,1-2H3;9,12H,5-8H2,1-4H3/t18-,19+,21+,23+;21-,23-;19-,20+,21+,23+;;12-,14-/m010.1/s1. The fourth-order valence-electron chi connectivity index (χ4n) is 20.2. The van der Waals surface area contributed by atoms with Gasteiger partial charge in [0, 0.05) is 41.4 Å².